The number of esters is 1. The molecule has 1 aromatic heterocycles. The second kappa shape index (κ2) is 8.66. The van der Waals surface area contributed by atoms with Crippen LogP contribution in [-0.4, -0.2) is 29.7 Å². The van der Waals surface area contributed by atoms with Crippen LogP contribution in [0.4, 0.5) is 23.0 Å². The Morgan fingerprint density at radius 3 is 2.33 bits per heavy atom. The summed E-state index contributed by atoms with van der Waals surface area (Å²) in [6, 6.07) is 16.4. The predicted molar refractivity (Wildman–Crippen MR) is 104 cm³/mol. The summed E-state index contributed by atoms with van der Waals surface area (Å²) in [5.41, 5.74) is 2.16. The number of ether oxygens (including phenoxy) is 2. The van der Waals surface area contributed by atoms with Gasteiger partial charge in [0.2, 0.25) is 0 Å². The van der Waals surface area contributed by atoms with Crippen molar-refractivity contribution in [3.8, 4) is 5.75 Å². The quantitative estimate of drug-likeness (QED) is 0.609. The summed E-state index contributed by atoms with van der Waals surface area (Å²) in [6.07, 6.45) is 1.47. The summed E-state index contributed by atoms with van der Waals surface area (Å²) in [6.45, 7) is 2.13. The molecule has 27 heavy (non-hydrogen) atoms. The number of aromatic nitrogens is 2. The fraction of sp³-hybridized carbons (Fsp3) is 0.150. The van der Waals surface area contributed by atoms with Gasteiger partial charge in [-0.25, -0.2) is 14.8 Å². The molecule has 0 fully saturated rings. The van der Waals surface area contributed by atoms with Gasteiger partial charge in [0.15, 0.2) is 0 Å². The van der Waals surface area contributed by atoms with Crippen molar-refractivity contribution in [3.05, 3.63) is 66.5 Å². The Kier molecular flexibility index (Phi) is 5.84. The molecule has 0 spiro atoms. The van der Waals surface area contributed by atoms with Gasteiger partial charge in [-0.15, -0.1) is 0 Å². The van der Waals surface area contributed by atoms with Crippen molar-refractivity contribution in [3.63, 3.8) is 0 Å². The number of anilines is 4. The standard InChI is InChI=1S/C20H20N4O3/c1-3-27-20(25)14-7-9-15(10-8-14)23-18-12-19(22-13-21-18)24-16-5-4-6-17(11-16)26-2/h4-13H,3H2,1-2H3,(H2,21,22,23,24). The Balaban J connectivity index is 1.69. The van der Waals surface area contributed by atoms with Crippen LogP contribution >= 0.6 is 0 Å². The lowest BCUT2D eigenvalue weighted by Crippen LogP contribution is -2.04. The summed E-state index contributed by atoms with van der Waals surface area (Å²) in [5, 5.41) is 6.39. The molecule has 0 amide bonds. The maximum atomic E-state index is 11.7. The topological polar surface area (TPSA) is 85.4 Å². The molecule has 0 unspecified atom stereocenters. The molecule has 0 bridgehead atoms. The molecule has 138 valence electrons. The van der Waals surface area contributed by atoms with E-state index < -0.39 is 0 Å². The van der Waals surface area contributed by atoms with Crippen molar-refractivity contribution in [2.45, 2.75) is 6.92 Å². The van der Waals surface area contributed by atoms with Crippen LogP contribution in [0.3, 0.4) is 0 Å². The van der Waals surface area contributed by atoms with E-state index >= 15 is 0 Å². The van der Waals surface area contributed by atoms with Gasteiger partial charge in [0.25, 0.3) is 0 Å². The number of nitrogens with one attached hydrogen (secondary N) is 2. The zero-order valence-electron chi connectivity index (χ0n) is 15.1. The molecule has 0 aliphatic carbocycles. The van der Waals surface area contributed by atoms with Crippen molar-refractivity contribution in [2.75, 3.05) is 24.4 Å². The van der Waals surface area contributed by atoms with E-state index in [1.54, 1.807) is 44.4 Å². The molecule has 3 aromatic rings. The number of hydrogen-bond donors (Lipinski definition) is 2. The number of benzene rings is 2. The van der Waals surface area contributed by atoms with Gasteiger partial charge in [0.05, 0.1) is 19.3 Å². The molecule has 2 N–H and O–H groups in total. The first-order chi connectivity index (χ1) is 13.2. The average Bonchev–Trinajstić information content (AvgIpc) is 2.69. The van der Waals surface area contributed by atoms with Crippen LogP contribution < -0.4 is 15.4 Å². The van der Waals surface area contributed by atoms with Crippen LogP contribution in [0.5, 0.6) is 5.75 Å². The van der Waals surface area contributed by atoms with Gasteiger partial charge in [-0.2, -0.15) is 0 Å². The Hall–Kier alpha value is -3.61. The second-order valence-corrected chi connectivity index (χ2v) is 5.57. The Labute approximate surface area is 157 Å². The maximum Gasteiger partial charge on any atom is 0.338 e. The highest BCUT2D eigenvalue weighted by atomic mass is 16.5. The van der Waals surface area contributed by atoms with Crippen molar-refractivity contribution in [1.29, 1.82) is 0 Å². The van der Waals surface area contributed by atoms with Gasteiger partial charge < -0.3 is 20.1 Å². The second-order valence-electron chi connectivity index (χ2n) is 5.57. The lowest BCUT2D eigenvalue weighted by atomic mass is 10.2. The van der Waals surface area contributed by atoms with E-state index in [1.807, 2.05) is 24.3 Å². The van der Waals surface area contributed by atoms with E-state index in [0.717, 1.165) is 17.1 Å². The van der Waals surface area contributed by atoms with Gasteiger partial charge in [-0.1, -0.05) is 6.07 Å². The summed E-state index contributed by atoms with van der Waals surface area (Å²) in [7, 11) is 1.62. The smallest absolute Gasteiger partial charge is 0.338 e. The molecule has 7 nitrogen and oxygen atoms in total. The molecule has 3 rings (SSSR count). The van der Waals surface area contributed by atoms with Gasteiger partial charge in [0, 0.05) is 23.5 Å². The molecular weight excluding hydrogens is 344 g/mol. The van der Waals surface area contributed by atoms with E-state index in [9.17, 15) is 4.79 Å². The number of methoxy groups -OCH3 is 1. The van der Waals surface area contributed by atoms with Crippen LogP contribution in [0, 0.1) is 0 Å². The van der Waals surface area contributed by atoms with Crippen LogP contribution in [0.2, 0.25) is 0 Å². The third-order valence-corrected chi connectivity index (χ3v) is 3.68. The highest BCUT2D eigenvalue weighted by molar-refractivity contribution is 5.89. The monoisotopic (exact) mass is 364 g/mol. The largest absolute Gasteiger partial charge is 0.497 e. The molecule has 0 atom stereocenters. The molecule has 2 aromatic carbocycles. The minimum absolute atomic E-state index is 0.337. The third-order valence-electron chi connectivity index (χ3n) is 3.68. The average molecular weight is 364 g/mol. The minimum atomic E-state index is -0.337. The first kappa shape index (κ1) is 18.2. The molecule has 0 saturated carbocycles. The SMILES string of the molecule is CCOC(=O)c1ccc(Nc2cc(Nc3cccc(OC)c3)ncn2)cc1. The van der Waals surface area contributed by atoms with Gasteiger partial charge >= 0.3 is 5.97 Å². The van der Waals surface area contributed by atoms with Gasteiger partial charge in [-0.05, 0) is 43.3 Å². The van der Waals surface area contributed by atoms with Crippen molar-refractivity contribution in [2.24, 2.45) is 0 Å². The number of rotatable bonds is 7. The van der Waals surface area contributed by atoms with E-state index in [2.05, 4.69) is 20.6 Å². The first-order valence-electron chi connectivity index (χ1n) is 8.45. The molecule has 0 aliphatic heterocycles. The normalized spacial score (nSPS) is 10.1. The van der Waals surface area contributed by atoms with E-state index in [4.69, 9.17) is 9.47 Å². The summed E-state index contributed by atoms with van der Waals surface area (Å²) in [4.78, 5) is 20.1. The number of carbonyl (C=O) groups is 1. The van der Waals surface area contributed by atoms with Crippen molar-refractivity contribution >= 4 is 29.0 Å². The zero-order chi connectivity index (χ0) is 19.1. The highest BCUT2D eigenvalue weighted by Gasteiger charge is 2.06. The van der Waals surface area contributed by atoms with E-state index in [-0.39, 0.29) is 5.97 Å². The molecule has 7 heteroatoms. The summed E-state index contributed by atoms with van der Waals surface area (Å²) < 4.78 is 10.2. The Morgan fingerprint density at radius 2 is 1.67 bits per heavy atom. The maximum absolute atomic E-state index is 11.7. The van der Waals surface area contributed by atoms with Crippen LogP contribution in [0.15, 0.2) is 60.9 Å². The number of hydrogen-bond acceptors (Lipinski definition) is 7. The Bertz CT molecular complexity index is 913. The lowest BCUT2D eigenvalue weighted by Gasteiger charge is -2.10. The van der Waals surface area contributed by atoms with Crippen molar-refractivity contribution in [1.82, 2.24) is 9.97 Å². The minimum Gasteiger partial charge on any atom is -0.497 e. The summed E-state index contributed by atoms with van der Waals surface area (Å²) >= 11 is 0. The number of nitrogens with zero attached hydrogens (tertiary/aromatic N) is 2. The molecule has 0 aliphatic rings. The van der Waals surface area contributed by atoms with Crippen LogP contribution in [-0.2, 0) is 4.74 Å². The molecule has 0 radical (unpaired) electrons. The number of carbonyl (C=O) groups excluding carboxylic acids is 1. The van der Waals surface area contributed by atoms with Crippen molar-refractivity contribution < 1.29 is 14.3 Å². The van der Waals surface area contributed by atoms with Crippen LogP contribution in [0.25, 0.3) is 0 Å². The van der Waals surface area contributed by atoms with Gasteiger partial charge in [0.1, 0.15) is 23.7 Å². The molecule has 0 saturated heterocycles. The van der Waals surface area contributed by atoms with Gasteiger partial charge in [-0.3, -0.25) is 0 Å². The fourth-order valence-electron chi connectivity index (χ4n) is 2.39. The van der Waals surface area contributed by atoms with E-state index in [1.165, 1.54) is 6.33 Å². The zero-order valence-corrected chi connectivity index (χ0v) is 15.1. The summed E-state index contributed by atoms with van der Waals surface area (Å²) in [5.74, 6) is 1.69. The molecule has 1 heterocycles. The third kappa shape index (κ3) is 4.94. The predicted octanol–water partition coefficient (Wildman–Crippen LogP) is 4.15. The van der Waals surface area contributed by atoms with Crippen LogP contribution in [0.1, 0.15) is 17.3 Å². The molecular formula is C20H20N4O3. The lowest BCUT2D eigenvalue weighted by molar-refractivity contribution is 0.0526. The Morgan fingerprint density at radius 1 is 0.963 bits per heavy atom. The van der Waals surface area contributed by atoms with E-state index in [0.29, 0.717) is 23.8 Å². The highest BCUT2D eigenvalue weighted by Crippen LogP contribution is 2.22. The first-order valence-corrected chi connectivity index (χ1v) is 8.45. The fourth-order valence-corrected chi connectivity index (χ4v) is 2.39.